The highest BCUT2D eigenvalue weighted by molar-refractivity contribution is 5.81. The molecule has 0 fully saturated rings. The first-order valence-electron chi connectivity index (χ1n) is 6.22. The van der Waals surface area contributed by atoms with Gasteiger partial charge in [0.2, 0.25) is 5.91 Å². The predicted molar refractivity (Wildman–Crippen MR) is 71.8 cm³/mol. The van der Waals surface area contributed by atoms with Crippen LogP contribution in [0.3, 0.4) is 0 Å². The number of hydrogen-bond donors (Lipinski definition) is 1. The molecule has 0 aromatic heterocycles. The summed E-state index contributed by atoms with van der Waals surface area (Å²) in [6.45, 7) is 9.99. The average Bonchev–Trinajstić information content (AvgIpc) is 2.25. The van der Waals surface area contributed by atoms with Gasteiger partial charge in [0.1, 0.15) is 0 Å². The predicted octanol–water partition coefficient (Wildman–Crippen LogP) is 3.61. The topological polar surface area (TPSA) is 29.1 Å². The fourth-order valence-corrected chi connectivity index (χ4v) is 1.75. The van der Waals surface area contributed by atoms with Crippen LogP contribution < -0.4 is 5.32 Å². The van der Waals surface area contributed by atoms with E-state index in [2.05, 4.69) is 31.3 Å². The average molecular weight is 233 g/mol. The molecule has 1 rings (SSSR count). The second kappa shape index (κ2) is 5.35. The zero-order valence-electron chi connectivity index (χ0n) is 11.5. The van der Waals surface area contributed by atoms with Gasteiger partial charge in [0.05, 0.1) is 6.04 Å². The molecule has 0 bridgehead atoms. The monoisotopic (exact) mass is 233 g/mol. The van der Waals surface area contributed by atoms with E-state index < -0.39 is 0 Å². The highest BCUT2D eigenvalue weighted by Gasteiger charge is 2.24. The van der Waals surface area contributed by atoms with E-state index >= 15 is 0 Å². The van der Waals surface area contributed by atoms with Crippen molar-refractivity contribution in [3.63, 3.8) is 0 Å². The van der Waals surface area contributed by atoms with Gasteiger partial charge < -0.3 is 5.32 Å². The van der Waals surface area contributed by atoms with E-state index in [4.69, 9.17) is 0 Å². The second-order valence-electron chi connectivity index (χ2n) is 5.54. The first-order chi connectivity index (χ1) is 7.86. The standard InChI is InChI=1S/C15H23NO/c1-6-13(16-14(17)15(3,4)5)12-10-8-7-9-11(12)2/h7-10,13H,6H2,1-5H3,(H,16,17). The summed E-state index contributed by atoms with van der Waals surface area (Å²) in [7, 11) is 0. The van der Waals surface area contributed by atoms with Crippen LogP contribution in [-0.2, 0) is 4.79 Å². The minimum Gasteiger partial charge on any atom is -0.349 e. The van der Waals surface area contributed by atoms with Gasteiger partial charge >= 0.3 is 0 Å². The van der Waals surface area contributed by atoms with Crippen molar-refractivity contribution in [3.8, 4) is 0 Å². The number of benzene rings is 1. The molecule has 0 aliphatic rings. The number of hydrogen-bond acceptors (Lipinski definition) is 1. The van der Waals surface area contributed by atoms with Crippen molar-refractivity contribution in [1.29, 1.82) is 0 Å². The van der Waals surface area contributed by atoms with Crippen LogP contribution in [0.4, 0.5) is 0 Å². The molecule has 2 nitrogen and oxygen atoms in total. The summed E-state index contributed by atoms with van der Waals surface area (Å²) >= 11 is 0. The van der Waals surface area contributed by atoms with Gasteiger partial charge in [-0.3, -0.25) is 4.79 Å². The number of carbonyl (C=O) groups is 1. The van der Waals surface area contributed by atoms with Crippen molar-refractivity contribution in [1.82, 2.24) is 5.32 Å². The summed E-state index contributed by atoms with van der Waals surface area (Å²) < 4.78 is 0. The van der Waals surface area contributed by atoms with Gasteiger partial charge in [0, 0.05) is 5.41 Å². The van der Waals surface area contributed by atoms with E-state index in [-0.39, 0.29) is 17.4 Å². The van der Waals surface area contributed by atoms with Crippen LogP contribution in [0.2, 0.25) is 0 Å². The van der Waals surface area contributed by atoms with E-state index in [9.17, 15) is 4.79 Å². The second-order valence-corrected chi connectivity index (χ2v) is 5.54. The molecule has 17 heavy (non-hydrogen) atoms. The van der Waals surface area contributed by atoms with E-state index in [1.165, 1.54) is 11.1 Å². The molecular weight excluding hydrogens is 210 g/mol. The third-order valence-corrected chi connectivity index (χ3v) is 2.96. The molecule has 0 spiro atoms. The van der Waals surface area contributed by atoms with Crippen LogP contribution in [0.15, 0.2) is 24.3 Å². The van der Waals surface area contributed by atoms with Crippen LogP contribution in [0.25, 0.3) is 0 Å². The van der Waals surface area contributed by atoms with Gasteiger partial charge in [-0.2, -0.15) is 0 Å². The normalized spacial score (nSPS) is 13.2. The first kappa shape index (κ1) is 13.8. The number of aryl methyl sites for hydroxylation is 1. The fourth-order valence-electron chi connectivity index (χ4n) is 1.75. The van der Waals surface area contributed by atoms with E-state index in [1.807, 2.05) is 32.9 Å². The maximum atomic E-state index is 12.0. The molecule has 0 heterocycles. The molecule has 1 atom stereocenters. The fraction of sp³-hybridized carbons (Fsp3) is 0.533. The SMILES string of the molecule is CCC(NC(=O)C(C)(C)C)c1ccccc1C. The Kier molecular flexibility index (Phi) is 4.33. The van der Waals surface area contributed by atoms with Crippen molar-refractivity contribution in [2.75, 3.05) is 0 Å². The maximum Gasteiger partial charge on any atom is 0.225 e. The summed E-state index contributed by atoms with van der Waals surface area (Å²) in [6.07, 6.45) is 0.909. The third-order valence-electron chi connectivity index (χ3n) is 2.96. The van der Waals surface area contributed by atoms with E-state index in [0.29, 0.717) is 0 Å². The molecule has 2 heteroatoms. The molecule has 0 saturated carbocycles. The Balaban J connectivity index is 2.87. The van der Waals surface area contributed by atoms with Crippen LogP contribution in [0, 0.1) is 12.3 Å². The van der Waals surface area contributed by atoms with Crippen molar-refractivity contribution >= 4 is 5.91 Å². The summed E-state index contributed by atoms with van der Waals surface area (Å²) in [6, 6.07) is 8.34. The van der Waals surface area contributed by atoms with Gasteiger partial charge in [0.25, 0.3) is 0 Å². The largest absolute Gasteiger partial charge is 0.349 e. The Morgan fingerprint density at radius 3 is 2.35 bits per heavy atom. The Morgan fingerprint density at radius 1 is 1.29 bits per heavy atom. The number of nitrogens with one attached hydrogen (secondary N) is 1. The van der Waals surface area contributed by atoms with Crippen molar-refractivity contribution in [2.45, 2.75) is 47.1 Å². The molecule has 94 valence electrons. The molecule has 0 aliphatic carbocycles. The zero-order valence-corrected chi connectivity index (χ0v) is 11.5. The summed E-state index contributed by atoms with van der Waals surface area (Å²) in [5.41, 5.74) is 2.11. The third kappa shape index (κ3) is 3.58. The number of rotatable bonds is 3. The van der Waals surface area contributed by atoms with Gasteiger partial charge in [-0.25, -0.2) is 0 Å². The lowest BCUT2D eigenvalue weighted by Crippen LogP contribution is -2.37. The van der Waals surface area contributed by atoms with Gasteiger partial charge in [0.15, 0.2) is 0 Å². The van der Waals surface area contributed by atoms with Crippen molar-refractivity contribution in [3.05, 3.63) is 35.4 Å². The minimum absolute atomic E-state index is 0.104. The molecule has 1 aromatic carbocycles. The van der Waals surface area contributed by atoms with Gasteiger partial charge in [-0.1, -0.05) is 52.0 Å². The molecule has 0 radical (unpaired) electrons. The highest BCUT2D eigenvalue weighted by atomic mass is 16.2. The van der Waals surface area contributed by atoms with Crippen molar-refractivity contribution < 1.29 is 4.79 Å². The Morgan fingerprint density at radius 2 is 1.88 bits per heavy atom. The number of amides is 1. The lowest BCUT2D eigenvalue weighted by molar-refractivity contribution is -0.129. The van der Waals surface area contributed by atoms with Crippen molar-refractivity contribution in [2.24, 2.45) is 5.41 Å². The van der Waals surface area contributed by atoms with E-state index in [1.54, 1.807) is 0 Å². The molecule has 1 aromatic rings. The van der Waals surface area contributed by atoms with E-state index in [0.717, 1.165) is 6.42 Å². The lowest BCUT2D eigenvalue weighted by Gasteiger charge is -2.24. The zero-order chi connectivity index (χ0) is 13.1. The molecule has 1 N–H and O–H groups in total. The summed E-state index contributed by atoms with van der Waals surface area (Å²) in [5.74, 6) is 0.104. The molecular formula is C15H23NO. The van der Waals surface area contributed by atoms with Crippen LogP contribution in [0.1, 0.15) is 51.3 Å². The molecule has 0 saturated heterocycles. The minimum atomic E-state index is -0.337. The summed E-state index contributed by atoms with van der Waals surface area (Å²) in [5, 5.41) is 3.12. The number of carbonyl (C=O) groups excluding carboxylic acids is 1. The van der Waals surface area contributed by atoms with Crippen LogP contribution in [0.5, 0.6) is 0 Å². The summed E-state index contributed by atoms with van der Waals surface area (Å²) in [4.78, 5) is 12.0. The maximum absolute atomic E-state index is 12.0. The van der Waals surface area contributed by atoms with Crippen LogP contribution in [-0.4, -0.2) is 5.91 Å². The van der Waals surface area contributed by atoms with Gasteiger partial charge in [-0.05, 0) is 24.5 Å². The molecule has 1 unspecified atom stereocenters. The quantitative estimate of drug-likeness (QED) is 0.849. The smallest absolute Gasteiger partial charge is 0.225 e. The Bertz CT molecular complexity index is 390. The lowest BCUT2D eigenvalue weighted by atomic mass is 9.93. The van der Waals surface area contributed by atoms with Crippen LogP contribution >= 0.6 is 0 Å². The van der Waals surface area contributed by atoms with Gasteiger partial charge in [-0.15, -0.1) is 0 Å². The Labute approximate surface area is 104 Å². The molecule has 0 aliphatic heterocycles. The molecule has 1 amide bonds. The first-order valence-corrected chi connectivity index (χ1v) is 6.22. The Hall–Kier alpha value is -1.31. The highest BCUT2D eigenvalue weighted by Crippen LogP contribution is 2.22.